The van der Waals surface area contributed by atoms with Gasteiger partial charge in [-0.05, 0) is 43.8 Å². The molecule has 1 fully saturated rings. The molecule has 3 atom stereocenters. The lowest BCUT2D eigenvalue weighted by atomic mass is 9.92. The number of likely N-dealkylation sites (tertiary alicyclic amines) is 1. The average Bonchev–Trinajstić information content (AvgIpc) is 2.49. The number of piperidine rings is 1. The van der Waals surface area contributed by atoms with E-state index in [9.17, 15) is 5.11 Å². The summed E-state index contributed by atoms with van der Waals surface area (Å²) in [6.45, 7) is 5.96. The molecular weight excluding hydrogens is 248 g/mol. The lowest BCUT2D eigenvalue weighted by Crippen LogP contribution is -2.41. The standard InChI is InChI=1S/C17H28N2O/c1-14(11-19-10-6-7-15(12-19)13-20)17(18-2)16-8-4-3-5-9-16/h3-5,8-9,14-15,17-18,20H,6-7,10-13H2,1-2H3. The Bertz CT molecular complexity index is 382. The Morgan fingerprint density at radius 2 is 2.10 bits per heavy atom. The molecule has 0 bridgehead atoms. The summed E-state index contributed by atoms with van der Waals surface area (Å²) in [6.07, 6.45) is 2.39. The predicted octanol–water partition coefficient (Wildman–Crippen LogP) is 2.29. The van der Waals surface area contributed by atoms with Crippen LogP contribution in [0.25, 0.3) is 0 Å². The van der Waals surface area contributed by atoms with Gasteiger partial charge in [0.15, 0.2) is 0 Å². The first kappa shape index (κ1) is 15.5. The first-order valence-electron chi connectivity index (χ1n) is 7.80. The predicted molar refractivity (Wildman–Crippen MR) is 83.7 cm³/mol. The molecule has 2 N–H and O–H groups in total. The number of rotatable bonds is 6. The van der Waals surface area contributed by atoms with E-state index in [1.54, 1.807) is 0 Å². The molecular formula is C17H28N2O. The third-order valence-corrected chi connectivity index (χ3v) is 4.45. The third kappa shape index (κ3) is 4.05. The number of hydrogen-bond donors (Lipinski definition) is 2. The monoisotopic (exact) mass is 276 g/mol. The maximum absolute atomic E-state index is 9.34. The summed E-state index contributed by atoms with van der Waals surface area (Å²) in [5.74, 6) is 1.03. The molecule has 0 aliphatic carbocycles. The Labute approximate surface area is 123 Å². The van der Waals surface area contributed by atoms with Crippen LogP contribution in [0.4, 0.5) is 0 Å². The van der Waals surface area contributed by atoms with Crippen LogP contribution in [0, 0.1) is 11.8 Å². The van der Waals surface area contributed by atoms with Gasteiger partial charge in [0.1, 0.15) is 0 Å². The van der Waals surface area contributed by atoms with Crippen LogP contribution in [0.3, 0.4) is 0 Å². The normalized spacial score (nSPS) is 23.4. The topological polar surface area (TPSA) is 35.5 Å². The van der Waals surface area contributed by atoms with Crippen molar-refractivity contribution in [1.82, 2.24) is 10.2 Å². The van der Waals surface area contributed by atoms with Crippen molar-refractivity contribution in [3.05, 3.63) is 35.9 Å². The van der Waals surface area contributed by atoms with Crippen LogP contribution >= 0.6 is 0 Å². The molecule has 3 nitrogen and oxygen atoms in total. The van der Waals surface area contributed by atoms with Gasteiger partial charge in [-0.15, -0.1) is 0 Å². The van der Waals surface area contributed by atoms with Crippen LogP contribution in [0.2, 0.25) is 0 Å². The van der Waals surface area contributed by atoms with Gasteiger partial charge >= 0.3 is 0 Å². The minimum absolute atomic E-state index is 0.332. The highest BCUT2D eigenvalue weighted by atomic mass is 16.3. The molecule has 0 radical (unpaired) electrons. The van der Waals surface area contributed by atoms with E-state index < -0.39 is 0 Å². The van der Waals surface area contributed by atoms with Crippen LogP contribution < -0.4 is 5.32 Å². The molecule has 1 aromatic carbocycles. The average molecular weight is 276 g/mol. The molecule has 1 aliphatic heterocycles. The van der Waals surface area contributed by atoms with E-state index in [1.807, 2.05) is 7.05 Å². The van der Waals surface area contributed by atoms with Gasteiger partial charge in [0.25, 0.3) is 0 Å². The molecule has 20 heavy (non-hydrogen) atoms. The van der Waals surface area contributed by atoms with E-state index in [-0.39, 0.29) is 0 Å². The Hall–Kier alpha value is -0.900. The second kappa shape index (κ2) is 7.77. The quantitative estimate of drug-likeness (QED) is 0.837. The number of aliphatic hydroxyl groups excluding tert-OH is 1. The van der Waals surface area contributed by atoms with Crippen LogP contribution in [-0.2, 0) is 0 Å². The van der Waals surface area contributed by atoms with Crippen molar-refractivity contribution < 1.29 is 5.11 Å². The van der Waals surface area contributed by atoms with E-state index in [1.165, 1.54) is 24.9 Å². The van der Waals surface area contributed by atoms with Gasteiger partial charge < -0.3 is 15.3 Å². The molecule has 2 rings (SSSR count). The van der Waals surface area contributed by atoms with E-state index in [0.717, 1.165) is 13.1 Å². The minimum atomic E-state index is 0.332. The SMILES string of the molecule is CNC(c1ccccc1)C(C)CN1CCCC(CO)C1. The molecule has 1 saturated heterocycles. The Morgan fingerprint density at radius 3 is 2.75 bits per heavy atom. The van der Waals surface area contributed by atoms with Gasteiger partial charge in [-0.2, -0.15) is 0 Å². The van der Waals surface area contributed by atoms with Crippen molar-refractivity contribution in [1.29, 1.82) is 0 Å². The molecule has 3 unspecified atom stereocenters. The summed E-state index contributed by atoms with van der Waals surface area (Å²) < 4.78 is 0. The molecule has 1 aromatic rings. The second-order valence-electron chi connectivity index (χ2n) is 6.10. The first-order valence-corrected chi connectivity index (χ1v) is 7.80. The molecule has 1 aliphatic rings. The van der Waals surface area contributed by atoms with Gasteiger partial charge in [-0.25, -0.2) is 0 Å². The highest BCUT2D eigenvalue weighted by Gasteiger charge is 2.24. The molecule has 0 saturated carbocycles. The smallest absolute Gasteiger partial charge is 0.0471 e. The molecule has 112 valence electrons. The zero-order chi connectivity index (χ0) is 14.4. The molecule has 0 amide bonds. The lowest BCUT2D eigenvalue weighted by molar-refractivity contribution is 0.104. The highest BCUT2D eigenvalue weighted by Crippen LogP contribution is 2.24. The Balaban J connectivity index is 1.94. The van der Waals surface area contributed by atoms with Crippen molar-refractivity contribution in [2.75, 3.05) is 33.3 Å². The van der Waals surface area contributed by atoms with Crippen molar-refractivity contribution >= 4 is 0 Å². The minimum Gasteiger partial charge on any atom is -0.396 e. The maximum Gasteiger partial charge on any atom is 0.0471 e. The summed E-state index contributed by atoms with van der Waals surface area (Å²) in [4.78, 5) is 2.52. The van der Waals surface area contributed by atoms with Crippen molar-refractivity contribution in [3.8, 4) is 0 Å². The number of nitrogens with zero attached hydrogens (tertiary/aromatic N) is 1. The Kier molecular flexibility index (Phi) is 6.02. The summed E-state index contributed by atoms with van der Waals surface area (Å²) in [7, 11) is 2.04. The first-order chi connectivity index (χ1) is 9.74. The largest absolute Gasteiger partial charge is 0.396 e. The van der Waals surface area contributed by atoms with Crippen LogP contribution in [0.1, 0.15) is 31.4 Å². The zero-order valence-electron chi connectivity index (χ0n) is 12.8. The van der Waals surface area contributed by atoms with Crippen LogP contribution in [0.5, 0.6) is 0 Å². The maximum atomic E-state index is 9.34. The fraction of sp³-hybridized carbons (Fsp3) is 0.647. The molecule has 0 spiro atoms. The Morgan fingerprint density at radius 1 is 1.35 bits per heavy atom. The fourth-order valence-corrected chi connectivity index (χ4v) is 3.42. The molecule has 3 heteroatoms. The van der Waals surface area contributed by atoms with Gasteiger partial charge in [-0.3, -0.25) is 0 Å². The highest BCUT2D eigenvalue weighted by molar-refractivity contribution is 5.19. The lowest BCUT2D eigenvalue weighted by Gasteiger charge is -2.35. The van der Waals surface area contributed by atoms with Gasteiger partial charge in [0.2, 0.25) is 0 Å². The summed E-state index contributed by atoms with van der Waals surface area (Å²) in [6, 6.07) is 11.1. The van der Waals surface area contributed by atoms with Crippen molar-refractivity contribution in [2.45, 2.75) is 25.8 Å². The number of aliphatic hydroxyl groups is 1. The molecule has 0 aromatic heterocycles. The number of benzene rings is 1. The van der Waals surface area contributed by atoms with E-state index in [0.29, 0.717) is 24.5 Å². The van der Waals surface area contributed by atoms with Crippen molar-refractivity contribution in [3.63, 3.8) is 0 Å². The van der Waals surface area contributed by atoms with Gasteiger partial charge in [-0.1, -0.05) is 37.3 Å². The van der Waals surface area contributed by atoms with Crippen LogP contribution in [-0.4, -0.2) is 43.3 Å². The van der Waals surface area contributed by atoms with Crippen LogP contribution in [0.15, 0.2) is 30.3 Å². The molecule has 1 heterocycles. The van der Waals surface area contributed by atoms with Crippen molar-refractivity contribution in [2.24, 2.45) is 11.8 Å². The van der Waals surface area contributed by atoms with E-state index in [4.69, 9.17) is 0 Å². The number of hydrogen-bond acceptors (Lipinski definition) is 3. The van der Waals surface area contributed by atoms with Gasteiger partial charge in [0, 0.05) is 25.7 Å². The van der Waals surface area contributed by atoms with E-state index in [2.05, 4.69) is 47.5 Å². The number of nitrogens with one attached hydrogen (secondary N) is 1. The fourth-order valence-electron chi connectivity index (χ4n) is 3.42. The zero-order valence-corrected chi connectivity index (χ0v) is 12.8. The summed E-state index contributed by atoms with van der Waals surface area (Å²) >= 11 is 0. The third-order valence-electron chi connectivity index (χ3n) is 4.45. The van der Waals surface area contributed by atoms with E-state index >= 15 is 0 Å². The van der Waals surface area contributed by atoms with Gasteiger partial charge in [0.05, 0.1) is 0 Å². The summed E-state index contributed by atoms with van der Waals surface area (Å²) in [5.41, 5.74) is 1.36. The summed E-state index contributed by atoms with van der Waals surface area (Å²) in [5, 5.41) is 12.8. The second-order valence-corrected chi connectivity index (χ2v) is 6.10.